The highest BCUT2D eigenvalue weighted by Crippen LogP contribution is 2.33. The van der Waals surface area contributed by atoms with E-state index in [0.717, 1.165) is 19.3 Å². The van der Waals surface area contributed by atoms with E-state index in [1.165, 1.54) is 52.6 Å². The van der Waals surface area contributed by atoms with E-state index in [1.807, 2.05) is 6.07 Å². The van der Waals surface area contributed by atoms with Crippen molar-refractivity contribution in [1.82, 2.24) is 5.43 Å². The van der Waals surface area contributed by atoms with Crippen LogP contribution in [0.2, 0.25) is 0 Å². The summed E-state index contributed by atoms with van der Waals surface area (Å²) in [4.78, 5) is 24.3. The third kappa shape index (κ3) is 3.91. The summed E-state index contributed by atoms with van der Waals surface area (Å²) in [5.74, 6) is -0.0102. The number of carbonyl (C=O) groups is 1. The maximum absolute atomic E-state index is 12.3. The summed E-state index contributed by atoms with van der Waals surface area (Å²) in [6.07, 6.45) is 5.68. The number of hydrogen-bond donors (Lipinski definition) is 2. The monoisotopic (exact) mass is 373 g/mol. The lowest BCUT2D eigenvalue weighted by Gasteiger charge is -2.19. The molecule has 0 spiro atoms. The second-order valence-electron chi connectivity index (χ2n) is 6.28. The number of thiophene rings is 1. The van der Waals surface area contributed by atoms with E-state index in [-0.39, 0.29) is 5.91 Å². The molecular formula is C18H19N3O4S. The zero-order valence-corrected chi connectivity index (χ0v) is 15.1. The third-order valence-corrected chi connectivity index (χ3v) is 5.80. The SMILES string of the molecule is CCC1CCc2sc(C(=O)N/N=C/c3ccc(O)c([N+](=O)[O-])c3)cc2C1. The molecule has 1 atom stereocenters. The van der Waals surface area contributed by atoms with Gasteiger partial charge < -0.3 is 5.11 Å². The van der Waals surface area contributed by atoms with E-state index >= 15 is 0 Å². The zero-order chi connectivity index (χ0) is 18.7. The molecule has 0 saturated heterocycles. The van der Waals surface area contributed by atoms with Crippen LogP contribution in [-0.2, 0) is 12.8 Å². The lowest BCUT2D eigenvalue weighted by Crippen LogP contribution is -2.16. The Hall–Kier alpha value is -2.74. The first kappa shape index (κ1) is 18.1. The van der Waals surface area contributed by atoms with E-state index < -0.39 is 16.4 Å². The van der Waals surface area contributed by atoms with Crippen LogP contribution in [0.1, 0.15) is 45.4 Å². The highest BCUT2D eigenvalue weighted by atomic mass is 32.1. The molecular weight excluding hydrogens is 354 g/mol. The molecule has 1 aromatic heterocycles. The van der Waals surface area contributed by atoms with Crippen molar-refractivity contribution >= 4 is 29.1 Å². The summed E-state index contributed by atoms with van der Waals surface area (Å²) in [5.41, 5.74) is 3.72. The van der Waals surface area contributed by atoms with E-state index in [4.69, 9.17) is 0 Å². The van der Waals surface area contributed by atoms with Crippen LogP contribution in [-0.4, -0.2) is 22.2 Å². The van der Waals surface area contributed by atoms with Gasteiger partial charge in [0.25, 0.3) is 5.91 Å². The van der Waals surface area contributed by atoms with Gasteiger partial charge in [0.05, 0.1) is 16.0 Å². The third-order valence-electron chi connectivity index (χ3n) is 4.56. The molecule has 1 heterocycles. The van der Waals surface area contributed by atoms with Gasteiger partial charge in [-0.2, -0.15) is 5.10 Å². The summed E-state index contributed by atoms with van der Waals surface area (Å²) in [6.45, 7) is 2.19. The number of amides is 1. The fourth-order valence-corrected chi connectivity index (χ4v) is 4.15. The summed E-state index contributed by atoms with van der Waals surface area (Å²) in [5, 5.41) is 24.1. The molecule has 7 nitrogen and oxygen atoms in total. The van der Waals surface area contributed by atoms with Crippen LogP contribution in [0, 0.1) is 16.0 Å². The molecule has 1 aliphatic rings. The smallest absolute Gasteiger partial charge is 0.311 e. The number of hydrazone groups is 1. The van der Waals surface area contributed by atoms with E-state index in [9.17, 15) is 20.0 Å². The minimum Gasteiger partial charge on any atom is -0.502 e. The number of benzene rings is 1. The van der Waals surface area contributed by atoms with Crippen LogP contribution in [0.5, 0.6) is 5.75 Å². The minimum absolute atomic E-state index is 0.290. The summed E-state index contributed by atoms with van der Waals surface area (Å²) in [7, 11) is 0. The number of nitrogens with zero attached hydrogens (tertiary/aromatic N) is 2. The minimum atomic E-state index is -0.676. The van der Waals surface area contributed by atoms with Crippen molar-refractivity contribution in [2.24, 2.45) is 11.0 Å². The lowest BCUT2D eigenvalue weighted by atomic mass is 9.87. The molecule has 2 aromatic rings. The Kier molecular flexibility index (Phi) is 5.32. The molecule has 0 fully saturated rings. The first-order chi connectivity index (χ1) is 12.5. The molecule has 26 heavy (non-hydrogen) atoms. The van der Waals surface area contributed by atoms with Crippen LogP contribution in [0.4, 0.5) is 5.69 Å². The van der Waals surface area contributed by atoms with Crippen molar-refractivity contribution in [3.8, 4) is 5.75 Å². The Morgan fingerprint density at radius 1 is 1.50 bits per heavy atom. The number of nitro groups is 1. The van der Waals surface area contributed by atoms with E-state index in [2.05, 4.69) is 17.5 Å². The normalized spacial score (nSPS) is 16.4. The van der Waals surface area contributed by atoms with Gasteiger partial charge in [-0.15, -0.1) is 11.3 Å². The number of fused-ring (bicyclic) bond motifs is 1. The number of phenols is 1. The fraction of sp³-hybridized carbons (Fsp3) is 0.333. The second-order valence-corrected chi connectivity index (χ2v) is 7.42. The summed E-state index contributed by atoms with van der Waals surface area (Å²) in [6, 6.07) is 5.84. The van der Waals surface area contributed by atoms with Gasteiger partial charge >= 0.3 is 5.69 Å². The van der Waals surface area contributed by atoms with E-state index in [1.54, 1.807) is 0 Å². The Labute approximate surface area is 154 Å². The zero-order valence-electron chi connectivity index (χ0n) is 14.3. The second kappa shape index (κ2) is 7.65. The molecule has 1 aliphatic carbocycles. The number of hydrogen-bond acceptors (Lipinski definition) is 6. The predicted molar refractivity (Wildman–Crippen MR) is 99.9 cm³/mol. The number of nitrogens with one attached hydrogen (secondary N) is 1. The van der Waals surface area contributed by atoms with Crippen molar-refractivity contribution in [3.05, 3.63) is 55.3 Å². The molecule has 1 unspecified atom stereocenters. The van der Waals surface area contributed by atoms with Crippen LogP contribution in [0.25, 0.3) is 0 Å². The maximum atomic E-state index is 12.3. The summed E-state index contributed by atoms with van der Waals surface area (Å²) >= 11 is 1.50. The Morgan fingerprint density at radius 2 is 2.31 bits per heavy atom. The predicted octanol–water partition coefficient (Wildman–Crippen LogP) is 3.64. The van der Waals surface area contributed by atoms with Crippen molar-refractivity contribution in [2.75, 3.05) is 0 Å². The first-order valence-corrected chi connectivity index (χ1v) is 9.22. The van der Waals surface area contributed by atoms with Crippen molar-refractivity contribution < 1.29 is 14.8 Å². The topological polar surface area (TPSA) is 105 Å². The first-order valence-electron chi connectivity index (χ1n) is 8.40. The molecule has 0 radical (unpaired) electrons. The standard InChI is InChI=1S/C18H19N3O4S/c1-2-11-4-6-16-13(7-11)9-17(26-16)18(23)20-19-10-12-3-5-15(22)14(8-12)21(24)25/h3,5,8-11,22H,2,4,6-7H2,1H3,(H,20,23)/b19-10+. The van der Waals surface area contributed by atoms with Gasteiger partial charge in [0.1, 0.15) is 0 Å². The molecule has 0 saturated carbocycles. The van der Waals surface area contributed by atoms with Gasteiger partial charge in [-0.05, 0) is 48.9 Å². The lowest BCUT2D eigenvalue weighted by molar-refractivity contribution is -0.385. The number of carbonyl (C=O) groups excluding carboxylic acids is 1. The Balaban J connectivity index is 1.66. The highest BCUT2D eigenvalue weighted by Gasteiger charge is 2.22. The number of aromatic hydroxyl groups is 1. The number of nitro benzene ring substituents is 1. The number of phenolic OH excluding ortho intramolecular Hbond substituents is 1. The molecule has 1 amide bonds. The van der Waals surface area contributed by atoms with Crippen LogP contribution < -0.4 is 5.43 Å². The van der Waals surface area contributed by atoms with Crippen LogP contribution >= 0.6 is 11.3 Å². The highest BCUT2D eigenvalue weighted by molar-refractivity contribution is 7.14. The Bertz CT molecular complexity index is 875. The molecule has 0 aliphatic heterocycles. The van der Waals surface area contributed by atoms with Gasteiger partial charge in [0, 0.05) is 16.5 Å². The largest absolute Gasteiger partial charge is 0.502 e. The molecule has 1 aromatic carbocycles. The van der Waals surface area contributed by atoms with Crippen molar-refractivity contribution in [1.29, 1.82) is 0 Å². The number of aryl methyl sites for hydroxylation is 1. The molecule has 0 bridgehead atoms. The molecule has 8 heteroatoms. The quantitative estimate of drug-likeness (QED) is 0.474. The van der Waals surface area contributed by atoms with Gasteiger partial charge in [0.2, 0.25) is 0 Å². The summed E-state index contributed by atoms with van der Waals surface area (Å²) < 4.78 is 0. The fourth-order valence-electron chi connectivity index (χ4n) is 3.05. The molecule has 2 N–H and O–H groups in total. The van der Waals surface area contributed by atoms with Gasteiger partial charge in [0.15, 0.2) is 5.75 Å². The molecule has 136 valence electrons. The average molecular weight is 373 g/mol. The van der Waals surface area contributed by atoms with Crippen molar-refractivity contribution in [2.45, 2.75) is 32.6 Å². The number of rotatable bonds is 5. The van der Waals surface area contributed by atoms with Gasteiger partial charge in [-0.1, -0.05) is 13.3 Å². The van der Waals surface area contributed by atoms with Gasteiger partial charge in [-0.25, -0.2) is 5.43 Å². The Morgan fingerprint density at radius 3 is 3.04 bits per heavy atom. The maximum Gasteiger partial charge on any atom is 0.311 e. The van der Waals surface area contributed by atoms with Crippen LogP contribution in [0.3, 0.4) is 0 Å². The molecule has 3 rings (SSSR count). The van der Waals surface area contributed by atoms with Gasteiger partial charge in [-0.3, -0.25) is 14.9 Å². The average Bonchev–Trinajstić information content (AvgIpc) is 3.06. The van der Waals surface area contributed by atoms with E-state index in [0.29, 0.717) is 16.4 Å². The van der Waals surface area contributed by atoms with Crippen LogP contribution in [0.15, 0.2) is 29.4 Å². The van der Waals surface area contributed by atoms with Crippen molar-refractivity contribution in [3.63, 3.8) is 0 Å².